The molecule has 0 saturated heterocycles. The molecule has 0 bridgehead atoms. The molecule has 38 heavy (non-hydrogen) atoms. The summed E-state index contributed by atoms with van der Waals surface area (Å²) in [5, 5.41) is 4.09. The van der Waals surface area contributed by atoms with E-state index in [1.54, 1.807) is 45.4 Å². The third-order valence-electron chi connectivity index (χ3n) is 6.67. The molecule has 1 aliphatic rings. The molecule has 4 rings (SSSR count). The summed E-state index contributed by atoms with van der Waals surface area (Å²) in [6.07, 6.45) is 0.801. The van der Waals surface area contributed by atoms with Gasteiger partial charge in [-0.05, 0) is 104 Å². The number of benzene rings is 3. The van der Waals surface area contributed by atoms with Crippen molar-refractivity contribution < 1.29 is 23.7 Å². The lowest BCUT2D eigenvalue weighted by Gasteiger charge is -2.39. The first-order valence-electron chi connectivity index (χ1n) is 12.6. The SMILES string of the molecule is CCOC(=O)c1ccc(OCC2c3cc(OC)c(OC)cc3CCN2C(=S)Nc2cc(C)ccc2C)cc1. The van der Waals surface area contributed by atoms with Crippen LogP contribution in [-0.4, -0.2) is 50.0 Å². The first kappa shape index (κ1) is 27.3. The van der Waals surface area contributed by atoms with E-state index in [2.05, 4.69) is 42.3 Å². The average Bonchev–Trinajstić information content (AvgIpc) is 2.93. The summed E-state index contributed by atoms with van der Waals surface area (Å²) in [4.78, 5) is 14.2. The smallest absolute Gasteiger partial charge is 0.338 e. The summed E-state index contributed by atoms with van der Waals surface area (Å²) in [7, 11) is 3.28. The maximum atomic E-state index is 12.0. The van der Waals surface area contributed by atoms with E-state index in [1.165, 1.54) is 5.56 Å². The number of nitrogens with zero attached hydrogens (tertiary/aromatic N) is 1. The Hall–Kier alpha value is -3.78. The number of aryl methyl sites for hydroxylation is 2. The molecule has 1 atom stereocenters. The molecule has 3 aromatic carbocycles. The highest BCUT2D eigenvalue weighted by Gasteiger charge is 2.31. The molecule has 1 N–H and O–H groups in total. The standard InChI is InChI=1S/C30H34N2O5S/c1-6-36-29(33)21-9-11-23(12-10-21)37-18-26-24-17-28(35-5)27(34-4)16-22(24)13-14-32(26)30(38)31-25-15-19(2)7-8-20(25)3/h7-12,15-17,26H,6,13-14,18H2,1-5H3,(H,31,38). The Kier molecular flexibility index (Phi) is 8.73. The van der Waals surface area contributed by atoms with Crippen LogP contribution in [0.1, 0.15) is 45.6 Å². The highest BCUT2D eigenvalue weighted by molar-refractivity contribution is 7.80. The van der Waals surface area contributed by atoms with Crippen molar-refractivity contribution in [1.82, 2.24) is 4.90 Å². The number of hydrogen-bond donors (Lipinski definition) is 1. The number of rotatable bonds is 8. The van der Waals surface area contributed by atoms with Crippen LogP contribution in [0, 0.1) is 13.8 Å². The van der Waals surface area contributed by atoms with Crippen molar-refractivity contribution in [1.29, 1.82) is 0 Å². The van der Waals surface area contributed by atoms with E-state index in [4.69, 9.17) is 31.2 Å². The lowest BCUT2D eigenvalue weighted by molar-refractivity contribution is 0.0526. The molecule has 8 heteroatoms. The second kappa shape index (κ2) is 12.2. The van der Waals surface area contributed by atoms with E-state index in [1.807, 2.05) is 12.1 Å². The van der Waals surface area contributed by atoms with E-state index in [0.717, 1.165) is 35.3 Å². The van der Waals surface area contributed by atoms with Crippen LogP contribution in [0.4, 0.5) is 5.69 Å². The predicted molar refractivity (Wildman–Crippen MR) is 153 cm³/mol. The quantitative estimate of drug-likeness (QED) is 0.284. The molecule has 0 aliphatic carbocycles. The number of thiocarbonyl (C=S) groups is 1. The van der Waals surface area contributed by atoms with Gasteiger partial charge in [-0.3, -0.25) is 0 Å². The van der Waals surface area contributed by atoms with Crippen molar-refractivity contribution in [2.45, 2.75) is 33.2 Å². The fourth-order valence-electron chi connectivity index (χ4n) is 4.59. The van der Waals surface area contributed by atoms with Crippen LogP contribution in [0.3, 0.4) is 0 Å². The van der Waals surface area contributed by atoms with Crippen LogP contribution < -0.4 is 19.5 Å². The second-order valence-corrected chi connectivity index (χ2v) is 9.56. The monoisotopic (exact) mass is 534 g/mol. The molecule has 200 valence electrons. The van der Waals surface area contributed by atoms with Crippen LogP contribution in [0.25, 0.3) is 0 Å². The maximum absolute atomic E-state index is 12.0. The summed E-state index contributed by atoms with van der Waals surface area (Å²) in [6.45, 7) is 7.30. The Balaban J connectivity index is 1.62. The van der Waals surface area contributed by atoms with Crippen LogP contribution in [0.15, 0.2) is 54.6 Å². The summed E-state index contributed by atoms with van der Waals surface area (Å²) < 4.78 is 22.5. The molecule has 1 unspecified atom stereocenters. The molecule has 0 aromatic heterocycles. The number of esters is 1. The number of ether oxygens (including phenoxy) is 4. The highest BCUT2D eigenvalue weighted by Crippen LogP contribution is 2.39. The number of carbonyl (C=O) groups excluding carboxylic acids is 1. The number of methoxy groups -OCH3 is 2. The lowest BCUT2D eigenvalue weighted by Crippen LogP contribution is -2.44. The van der Waals surface area contributed by atoms with E-state index >= 15 is 0 Å². The van der Waals surface area contributed by atoms with Crippen LogP contribution in [-0.2, 0) is 11.2 Å². The van der Waals surface area contributed by atoms with Gasteiger partial charge < -0.3 is 29.2 Å². The van der Waals surface area contributed by atoms with Gasteiger partial charge in [0.1, 0.15) is 12.4 Å². The molecule has 7 nitrogen and oxygen atoms in total. The summed E-state index contributed by atoms with van der Waals surface area (Å²) in [6, 6.07) is 17.1. The minimum absolute atomic E-state index is 0.173. The van der Waals surface area contributed by atoms with Gasteiger partial charge in [0.25, 0.3) is 0 Å². The zero-order valence-electron chi connectivity index (χ0n) is 22.5. The van der Waals surface area contributed by atoms with Crippen molar-refractivity contribution in [2.75, 3.05) is 39.3 Å². The van der Waals surface area contributed by atoms with Gasteiger partial charge in [-0.15, -0.1) is 0 Å². The lowest BCUT2D eigenvalue weighted by atomic mass is 9.92. The molecule has 0 spiro atoms. The Morgan fingerprint density at radius 1 is 1.03 bits per heavy atom. The minimum Gasteiger partial charge on any atom is -0.493 e. The van der Waals surface area contributed by atoms with E-state index in [0.29, 0.717) is 41.1 Å². The molecule has 0 fully saturated rings. The second-order valence-electron chi connectivity index (χ2n) is 9.17. The van der Waals surface area contributed by atoms with Crippen LogP contribution in [0.5, 0.6) is 17.2 Å². The molecule has 3 aromatic rings. The first-order chi connectivity index (χ1) is 18.3. The predicted octanol–water partition coefficient (Wildman–Crippen LogP) is 5.87. The maximum Gasteiger partial charge on any atom is 0.338 e. The van der Waals surface area contributed by atoms with Gasteiger partial charge in [0.15, 0.2) is 16.6 Å². The van der Waals surface area contributed by atoms with Gasteiger partial charge in [0.2, 0.25) is 0 Å². The molecular formula is C30H34N2O5S. The molecule has 1 aliphatic heterocycles. The number of carbonyl (C=O) groups is 1. The highest BCUT2D eigenvalue weighted by atomic mass is 32.1. The fraction of sp³-hybridized carbons (Fsp3) is 0.333. The van der Waals surface area contributed by atoms with Crippen molar-refractivity contribution in [2.24, 2.45) is 0 Å². The van der Waals surface area contributed by atoms with Crippen LogP contribution >= 0.6 is 12.2 Å². The minimum atomic E-state index is -0.352. The topological polar surface area (TPSA) is 69.3 Å². The van der Waals surface area contributed by atoms with E-state index in [-0.39, 0.29) is 12.0 Å². The largest absolute Gasteiger partial charge is 0.493 e. The van der Waals surface area contributed by atoms with Crippen molar-refractivity contribution in [3.05, 3.63) is 82.4 Å². The summed E-state index contributed by atoms with van der Waals surface area (Å²) in [5.74, 6) is 1.66. The molecular weight excluding hydrogens is 500 g/mol. The zero-order chi connectivity index (χ0) is 27.2. The van der Waals surface area contributed by atoms with Gasteiger partial charge in [-0.1, -0.05) is 12.1 Å². The Bertz CT molecular complexity index is 1310. The number of hydrogen-bond acceptors (Lipinski definition) is 6. The zero-order valence-corrected chi connectivity index (χ0v) is 23.3. The fourth-order valence-corrected chi connectivity index (χ4v) is 4.91. The Morgan fingerprint density at radius 2 is 1.74 bits per heavy atom. The third-order valence-corrected chi connectivity index (χ3v) is 7.01. The molecule has 0 amide bonds. The Labute approximate surface area is 229 Å². The van der Waals surface area contributed by atoms with Crippen molar-refractivity contribution in [3.63, 3.8) is 0 Å². The molecule has 0 saturated carbocycles. The van der Waals surface area contributed by atoms with E-state index < -0.39 is 0 Å². The van der Waals surface area contributed by atoms with Crippen LogP contribution in [0.2, 0.25) is 0 Å². The number of nitrogens with one attached hydrogen (secondary N) is 1. The van der Waals surface area contributed by atoms with Gasteiger partial charge in [-0.2, -0.15) is 0 Å². The first-order valence-corrected chi connectivity index (χ1v) is 13.0. The van der Waals surface area contributed by atoms with Crippen molar-refractivity contribution in [3.8, 4) is 17.2 Å². The molecule has 1 heterocycles. The normalized spacial score (nSPS) is 14.3. The summed E-state index contributed by atoms with van der Waals surface area (Å²) in [5.41, 5.74) is 5.99. The van der Waals surface area contributed by atoms with Gasteiger partial charge in [0.05, 0.1) is 32.4 Å². The van der Waals surface area contributed by atoms with Gasteiger partial charge in [0, 0.05) is 12.2 Å². The van der Waals surface area contributed by atoms with E-state index in [9.17, 15) is 4.79 Å². The van der Waals surface area contributed by atoms with Crippen molar-refractivity contribution >= 4 is 29.0 Å². The number of anilines is 1. The van der Waals surface area contributed by atoms with Gasteiger partial charge in [-0.25, -0.2) is 4.79 Å². The third kappa shape index (κ3) is 6.02. The molecule has 0 radical (unpaired) electrons. The average molecular weight is 535 g/mol. The Morgan fingerprint density at radius 3 is 2.42 bits per heavy atom. The number of fused-ring (bicyclic) bond motifs is 1. The summed E-state index contributed by atoms with van der Waals surface area (Å²) >= 11 is 5.93. The van der Waals surface area contributed by atoms with Gasteiger partial charge >= 0.3 is 5.97 Å².